The van der Waals surface area contributed by atoms with Gasteiger partial charge in [0.2, 0.25) is 0 Å². The number of hydrogen-bond donors (Lipinski definition) is 2. The number of aromatic nitrogens is 4. The number of aliphatic imine (C=N–C) groups is 1. The molecule has 2 rings (SSSR count). The largest absolute Gasteiger partial charge is 0.355 e. The predicted octanol–water partition coefficient (Wildman–Crippen LogP) is 0.656. The van der Waals surface area contributed by atoms with Crippen LogP contribution in [0, 0.1) is 0 Å². The van der Waals surface area contributed by atoms with Gasteiger partial charge in [-0.3, -0.25) is 14.7 Å². The molecule has 8 heteroatoms. The van der Waals surface area contributed by atoms with Crippen LogP contribution in [0.1, 0.15) is 5.69 Å². The lowest BCUT2D eigenvalue weighted by Crippen LogP contribution is -2.38. The molecule has 0 aliphatic rings. The first-order chi connectivity index (χ1) is 9.38. The Morgan fingerprint density at radius 3 is 2.90 bits per heavy atom. The average molecular weight is 387 g/mol. The number of nitrogens with zero attached hydrogens (tertiary/aromatic N) is 5. The number of hydrogen-bond acceptors (Lipinski definition) is 4. The minimum Gasteiger partial charge on any atom is -0.355 e. The third-order valence-electron chi connectivity index (χ3n) is 2.49. The molecular weight excluding hydrogens is 369 g/mol. The van der Waals surface area contributed by atoms with Crippen molar-refractivity contribution in [1.29, 1.82) is 0 Å². The van der Waals surface area contributed by atoms with Crippen molar-refractivity contribution in [2.24, 2.45) is 4.99 Å². The summed E-state index contributed by atoms with van der Waals surface area (Å²) in [4.78, 5) is 12.3. The molecule has 0 fully saturated rings. The summed E-state index contributed by atoms with van der Waals surface area (Å²) >= 11 is 0. The van der Waals surface area contributed by atoms with E-state index in [0.717, 1.165) is 24.7 Å². The minimum absolute atomic E-state index is 0. The van der Waals surface area contributed by atoms with Crippen molar-refractivity contribution in [2.45, 2.75) is 13.1 Å². The molecule has 0 aliphatic carbocycles. The normalized spacial score (nSPS) is 10.8. The molecule has 0 aromatic carbocycles. The Balaban J connectivity index is 0.00000200. The first kappa shape index (κ1) is 16.3. The van der Waals surface area contributed by atoms with E-state index in [9.17, 15) is 0 Å². The first-order valence-electron chi connectivity index (χ1n) is 6.05. The Morgan fingerprint density at radius 1 is 1.35 bits per heavy atom. The number of halogens is 1. The first-order valence-corrected chi connectivity index (χ1v) is 6.05. The van der Waals surface area contributed by atoms with E-state index >= 15 is 0 Å². The van der Waals surface area contributed by atoms with Crippen LogP contribution in [0.25, 0.3) is 0 Å². The molecular formula is C12H18IN7. The molecule has 0 radical (unpaired) electrons. The molecule has 7 nitrogen and oxygen atoms in total. The van der Waals surface area contributed by atoms with Crippen LogP contribution in [0.4, 0.5) is 0 Å². The molecule has 108 valence electrons. The van der Waals surface area contributed by atoms with Gasteiger partial charge >= 0.3 is 0 Å². The number of pyridine rings is 1. The van der Waals surface area contributed by atoms with Gasteiger partial charge in [0.1, 0.15) is 12.7 Å². The molecule has 2 aromatic rings. The Labute approximate surface area is 134 Å². The molecule has 0 unspecified atom stereocenters. The highest BCUT2D eigenvalue weighted by Gasteiger charge is 1.98. The van der Waals surface area contributed by atoms with Gasteiger partial charge in [0.05, 0.1) is 18.8 Å². The predicted molar refractivity (Wildman–Crippen MR) is 87.9 cm³/mol. The maximum Gasteiger partial charge on any atom is 0.191 e. The molecule has 0 saturated heterocycles. The monoisotopic (exact) mass is 387 g/mol. The van der Waals surface area contributed by atoms with Gasteiger partial charge < -0.3 is 10.6 Å². The van der Waals surface area contributed by atoms with Crippen LogP contribution >= 0.6 is 24.0 Å². The van der Waals surface area contributed by atoms with Gasteiger partial charge in [-0.25, -0.2) is 4.98 Å². The Hall–Kier alpha value is -1.71. The summed E-state index contributed by atoms with van der Waals surface area (Å²) < 4.78 is 1.76. The SMILES string of the molecule is CN=C(NCCn1cncn1)NCc1ccccn1.I. The lowest BCUT2D eigenvalue weighted by molar-refractivity contribution is 0.596. The van der Waals surface area contributed by atoms with Crippen molar-refractivity contribution in [2.75, 3.05) is 13.6 Å². The Morgan fingerprint density at radius 2 is 2.25 bits per heavy atom. The zero-order valence-corrected chi connectivity index (χ0v) is 13.6. The van der Waals surface area contributed by atoms with E-state index in [1.807, 2.05) is 18.2 Å². The zero-order valence-electron chi connectivity index (χ0n) is 11.2. The van der Waals surface area contributed by atoms with Crippen LogP contribution in [-0.2, 0) is 13.1 Å². The summed E-state index contributed by atoms with van der Waals surface area (Å²) in [7, 11) is 1.74. The van der Waals surface area contributed by atoms with Gasteiger partial charge in [-0.05, 0) is 12.1 Å². The molecule has 0 aliphatic heterocycles. The quantitative estimate of drug-likeness (QED) is 0.448. The fourth-order valence-corrected chi connectivity index (χ4v) is 1.53. The van der Waals surface area contributed by atoms with Crippen LogP contribution in [0.15, 0.2) is 42.0 Å². The van der Waals surface area contributed by atoms with Crippen molar-refractivity contribution in [3.8, 4) is 0 Å². The topological polar surface area (TPSA) is 80.0 Å². The fraction of sp³-hybridized carbons (Fsp3) is 0.333. The van der Waals surface area contributed by atoms with Gasteiger partial charge in [-0.2, -0.15) is 5.10 Å². The highest BCUT2D eigenvalue weighted by molar-refractivity contribution is 14.0. The smallest absolute Gasteiger partial charge is 0.191 e. The number of nitrogens with one attached hydrogen (secondary N) is 2. The minimum atomic E-state index is 0. The van der Waals surface area contributed by atoms with E-state index < -0.39 is 0 Å². The summed E-state index contributed by atoms with van der Waals surface area (Å²) in [5, 5.41) is 10.4. The number of rotatable bonds is 5. The molecule has 2 aromatic heterocycles. The van der Waals surface area contributed by atoms with Gasteiger partial charge in [-0.1, -0.05) is 6.07 Å². The Kier molecular flexibility index (Phi) is 7.55. The average Bonchev–Trinajstić information content (AvgIpc) is 2.97. The van der Waals surface area contributed by atoms with E-state index in [4.69, 9.17) is 0 Å². The summed E-state index contributed by atoms with van der Waals surface area (Å²) in [6.45, 7) is 2.11. The molecule has 0 atom stereocenters. The fourth-order valence-electron chi connectivity index (χ4n) is 1.53. The van der Waals surface area contributed by atoms with Crippen molar-refractivity contribution >= 4 is 29.9 Å². The molecule has 0 amide bonds. The van der Waals surface area contributed by atoms with Crippen LogP contribution in [0.5, 0.6) is 0 Å². The molecule has 20 heavy (non-hydrogen) atoms. The molecule has 0 bridgehead atoms. The van der Waals surface area contributed by atoms with E-state index in [-0.39, 0.29) is 24.0 Å². The van der Waals surface area contributed by atoms with E-state index in [1.165, 1.54) is 6.33 Å². The lowest BCUT2D eigenvalue weighted by Gasteiger charge is -2.11. The second-order valence-electron chi connectivity index (χ2n) is 3.83. The molecule has 0 saturated carbocycles. The van der Waals surface area contributed by atoms with Crippen molar-refractivity contribution in [3.05, 3.63) is 42.7 Å². The highest BCUT2D eigenvalue weighted by atomic mass is 127. The van der Waals surface area contributed by atoms with Gasteiger partial charge in [0.25, 0.3) is 0 Å². The molecule has 0 spiro atoms. The highest BCUT2D eigenvalue weighted by Crippen LogP contribution is 1.91. The van der Waals surface area contributed by atoms with Crippen LogP contribution in [0.2, 0.25) is 0 Å². The molecule has 2 heterocycles. The second-order valence-corrected chi connectivity index (χ2v) is 3.83. The van der Waals surface area contributed by atoms with Gasteiger partial charge in [0, 0.05) is 19.8 Å². The Bertz CT molecular complexity index is 498. The third-order valence-corrected chi connectivity index (χ3v) is 2.49. The van der Waals surface area contributed by atoms with Crippen molar-refractivity contribution < 1.29 is 0 Å². The van der Waals surface area contributed by atoms with E-state index in [2.05, 4.69) is 30.7 Å². The standard InChI is InChI=1S/C12H17N7.HI/c1-13-12(16-6-7-19-10-14-9-18-19)17-8-11-4-2-3-5-15-11;/h2-5,9-10H,6-8H2,1H3,(H2,13,16,17);1H. The van der Waals surface area contributed by atoms with Crippen LogP contribution in [0.3, 0.4) is 0 Å². The summed E-state index contributed by atoms with van der Waals surface area (Å²) in [6.07, 6.45) is 4.98. The van der Waals surface area contributed by atoms with Crippen molar-refractivity contribution in [3.63, 3.8) is 0 Å². The van der Waals surface area contributed by atoms with Crippen LogP contribution in [-0.4, -0.2) is 39.3 Å². The van der Waals surface area contributed by atoms with Crippen LogP contribution < -0.4 is 10.6 Å². The molecule has 2 N–H and O–H groups in total. The van der Waals surface area contributed by atoms with Gasteiger partial charge in [-0.15, -0.1) is 24.0 Å². The van der Waals surface area contributed by atoms with Gasteiger partial charge in [0.15, 0.2) is 5.96 Å². The summed E-state index contributed by atoms with van der Waals surface area (Å²) in [5.41, 5.74) is 0.974. The maximum absolute atomic E-state index is 4.24. The zero-order chi connectivity index (χ0) is 13.3. The van der Waals surface area contributed by atoms with Crippen molar-refractivity contribution in [1.82, 2.24) is 30.4 Å². The maximum atomic E-state index is 4.24. The summed E-state index contributed by atoms with van der Waals surface area (Å²) in [5.74, 6) is 0.741. The number of guanidine groups is 1. The summed E-state index contributed by atoms with van der Waals surface area (Å²) in [6, 6.07) is 5.83. The van der Waals surface area contributed by atoms with E-state index in [0.29, 0.717) is 6.54 Å². The third kappa shape index (κ3) is 5.51. The second kappa shape index (κ2) is 9.23. The van der Waals surface area contributed by atoms with E-state index in [1.54, 1.807) is 24.3 Å². The lowest BCUT2D eigenvalue weighted by atomic mass is 10.3.